The van der Waals surface area contributed by atoms with Crippen LogP contribution in [0.5, 0.6) is 0 Å². The van der Waals surface area contributed by atoms with Crippen LogP contribution < -0.4 is 10.2 Å². The van der Waals surface area contributed by atoms with E-state index in [1.807, 2.05) is 33.8 Å². The summed E-state index contributed by atoms with van der Waals surface area (Å²) in [5.41, 5.74) is 1.86. The Morgan fingerprint density at radius 2 is 1.84 bits per heavy atom. The van der Waals surface area contributed by atoms with Crippen molar-refractivity contribution in [2.45, 2.75) is 53.0 Å². The Kier molecular flexibility index (Phi) is 6.33. The minimum absolute atomic E-state index is 0.0924. The van der Waals surface area contributed by atoms with Crippen LogP contribution in [0.3, 0.4) is 0 Å². The molecule has 1 aliphatic heterocycles. The Balaban J connectivity index is 1.94. The van der Waals surface area contributed by atoms with Gasteiger partial charge in [-0.15, -0.1) is 0 Å². The van der Waals surface area contributed by atoms with Crippen molar-refractivity contribution in [3.8, 4) is 0 Å². The van der Waals surface area contributed by atoms with E-state index in [0.29, 0.717) is 38.3 Å². The number of carboxylic acids is 1. The number of nitrogens with zero attached hydrogens (tertiary/aromatic N) is 3. The van der Waals surface area contributed by atoms with Gasteiger partial charge in [-0.1, -0.05) is 20.3 Å². The molecule has 1 amide bonds. The summed E-state index contributed by atoms with van der Waals surface area (Å²) >= 11 is 0. The maximum absolute atomic E-state index is 12.5. The van der Waals surface area contributed by atoms with Crippen LogP contribution >= 0.6 is 0 Å². The van der Waals surface area contributed by atoms with Gasteiger partial charge >= 0.3 is 5.97 Å². The Hall–Kier alpha value is -2.18. The number of anilines is 1. The van der Waals surface area contributed by atoms with Gasteiger partial charge in [0.2, 0.25) is 11.9 Å². The van der Waals surface area contributed by atoms with Crippen molar-refractivity contribution in [1.29, 1.82) is 0 Å². The van der Waals surface area contributed by atoms with E-state index in [9.17, 15) is 14.7 Å². The molecule has 1 saturated heterocycles. The second kappa shape index (κ2) is 8.27. The topological polar surface area (TPSA) is 95.4 Å². The van der Waals surface area contributed by atoms with Gasteiger partial charge in [-0.05, 0) is 38.7 Å². The molecule has 0 radical (unpaired) electrons. The fourth-order valence-electron chi connectivity index (χ4n) is 3.14. The van der Waals surface area contributed by atoms with E-state index in [0.717, 1.165) is 11.4 Å². The van der Waals surface area contributed by atoms with E-state index in [1.54, 1.807) is 0 Å². The number of carbonyl (C=O) groups excluding carboxylic acids is 1. The maximum Gasteiger partial charge on any atom is 0.326 e. The number of amides is 1. The van der Waals surface area contributed by atoms with Crippen LogP contribution in [0.2, 0.25) is 0 Å². The van der Waals surface area contributed by atoms with E-state index in [1.165, 1.54) is 0 Å². The Morgan fingerprint density at radius 3 is 2.32 bits per heavy atom. The second-order valence-electron chi connectivity index (χ2n) is 6.92. The number of carboxylic acid groups (broad SMARTS) is 1. The highest BCUT2D eigenvalue weighted by atomic mass is 16.4. The molecule has 0 aliphatic carbocycles. The third kappa shape index (κ3) is 4.90. The van der Waals surface area contributed by atoms with E-state index in [-0.39, 0.29) is 17.7 Å². The summed E-state index contributed by atoms with van der Waals surface area (Å²) in [5, 5.41) is 12.0. The quantitative estimate of drug-likeness (QED) is 0.815. The Morgan fingerprint density at radius 1 is 1.28 bits per heavy atom. The first-order valence-electron chi connectivity index (χ1n) is 8.92. The Bertz CT molecular complexity index is 606. The standard InChI is InChI=1S/C18H28N4O3/c1-5-11(2)15(17(24)25)21-16(23)14-6-8-22(9-7-14)18-19-12(3)10-13(4)20-18/h10-11,14-15H,5-9H2,1-4H3,(H,21,23)(H,24,25). The molecular weight excluding hydrogens is 320 g/mol. The smallest absolute Gasteiger partial charge is 0.326 e. The number of carbonyl (C=O) groups is 2. The number of hydrogen-bond acceptors (Lipinski definition) is 5. The molecule has 138 valence electrons. The van der Waals surface area contributed by atoms with Gasteiger partial charge in [-0.2, -0.15) is 0 Å². The number of aromatic nitrogens is 2. The summed E-state index contributed by atoms with van der Waals surface area (Å²) < 4.78 is 0. The predicted molar refractivity (Wildman–Crippen MR) is 95.5 cm³/mol. The number of aliphatic carboxylic acids is 1. The molecule has 25 heavy (non-hydrogen) atoms. The van der Waals surface area contributed by atoms with Gasteiger partial charge in [0.05, 0.1) is 0 Å². The number of piperidine rings is 1. The average Bonchev–Trinajstić information content (AvgIpc) is 2.57. The number of aryl methyl sites for hydroxylation is 2. The van der Waals surface area contributed by atoms with Crippen LogP contribution in [0, 0.1) is 25.7 Å². The third-order valence-electron chi connectivity index (χ3n) is 4.90. The first-order chi connectivity index (χ1) is 11.8. The summed E-state index contributed by atoms with van der Waals surface area (Å²) in [6, 6.07) is 1.11. The number of rotatable bonds is 6. The molecule has 1 aromatic rings. The molecular formula is C18H28N4O3. The molecule has 2 heterocycles. The maximum atomic E-state index is 12.5. The van der Waals surface area contributed by atoms with Crippen LogP contribution in [0.1, 0.15) is 44.5 Å². The monoisotopic (exact) mass is 348 g/mol. The van der Waals surface area contributed by atoms with Gasteiger partial charge in [-0.25, -0.2) is 14.8 Å². The van der Waals surface area contributed by atoms with E-state index in [4.69, 9.17) is 0 Å². The fourth-order valence-corrected chi connectivity index (χ4v) is 3.14. The molecule has 2 atom stereocenters. The van der Waals surface area contributed by atoms with Gasteiger partial charge in [0.25, 0.3) is 0 Å². The lowest BCUT2D eigenvalue weighted by Crippen LogP contribution is -2.49. The zero-order valence-corrected chi connectivity index (χ0v) is 15.5. The molecule has 0 bridgehead atoms. The SMILES string of the molecule is CCC(C)C(NC(=O)C1CCN(c2nc(C)cc(C)n2)CC1)C(=O)O. The van der Waals surface area contributed by atoms with Gasteiger partial charge in [0, 0.05) is 30.4 Å². The molecule has 2 unspecified atom stereocenters. The average molecular weight is 348 g/mol. The zero-order chi connectivity index (χ0) is 18.6. The summed E-state index contributed by atoms with van der Waals surface area (Å²) in [4.78, 5) is 34.9. The van der Waals surface area contributed by atoms with Crippen molar-refractivity contribution in [3.05, 3.63) is 17.5 Å². The summed E-state index contributed by atoms with van der Waals surface area (Å²) in [5.74, 6) is -0.671. The molecule has 1 fully saturated rings. The van der Waals surface area contributed by atoms with Crippen LogP contribution in [-0.2, 0) is 9.59 Å². The third-order valence-corrected chi connectivity index (χ3v) is 4.90. The van der Waals surface area contributed by atoms with Crippen molar-refractivity contribution in [2.24, 2.45) is 11.8 Å². The van der Waals surface area contributed by atoms with E-state index >= 15 is 0 Å². The fraction of sp³-hybridized carbons (Fsp3) is 0.667. The van der Waals surface area contributed by atoms with Crippen molar-refractivity contribution in [3.63, 3.8) is 0 Å². The minimum atomic E-state index is -0.969. The molecule has 7 heteroatoms. The first kappa shape index (κ1) is 19.1. The summed E-state index contributed by atoms with van der Waals surface area (Å²) in [6.45, 7) is 9.05. The Labute approximate surface area is 148 Å². The van der Waals surface area contributed by atoms with Crippen LogP contribution in [-0.4, -0.2) is 46.1 Å². The lowest BCUT2D eigenvalue weighted by molar-refractivity contribution is -0.144. The van der Waals surface area contributed by atoms with E-state index < -0.39 is 12.0 Å². The molecule has 1 aliphatic rings. The van der Waals surface area contributed by atoms with Crippen molar-refractivity contribution < 1.29 is 14.7 Å². The second-order valence-corrected chi connectivity index (χ2v) is 6.92. The highest BCUT2D eigenvalue weighted by Crippen LogP contribution is 2.22. The van der Waals surface area contributed by atoms with Gasteiger partial charge in [0.15, 0.2) is 0 Å². The number of nitrogens with one attached hydrogen (secondary N) is 1. The minimum Gasteiger partial charge on any atom is -0.480 e. The number of hydrogen-bond donors (Lipinski definition) is 2. The lowest BCUT2D eigenvalue weighted by atomic mass is 9.93. The lowest BCUT2D eigenvalue weighted by Gasteiger charge is -2.32. The van der Waals surface area contributed by atoms with Crippen molar-refractivity contribution in [1.82, 2.24) is 15.3 Å². The highest BCUT2D eigenvalue weighted by molar-refractivity contribution is 5.85. The largest absolute Gasteiger partial charge is 0.480 e. The molecule has 2 N–H and O–H groups in total. The summed E-state index contributed by atoms with van der Waals surface area (Å²) in [7, 11) is 0. The van der Waals surface area contributed by atoms with Crippen LogP contribution in [0.25, 0.3) is 0 Å². The van der Waals surface area contributed by atoms with Gasteiger partial charge < -0.3 is 15.3 Å². The zero-order valence-electron chi connectivity index (χ0n) is 15.5. The van der Waals surface area contributed by atoms with Crippen molar-refractivity contribution in [2.75, 3.05) is 18.0 Å². The molecule has 7 nitrogen and oxygen atoms in total. The van der Waals surface area contributed by atoms with E-state index in [2.05, 4.69) is 20.2 Å². The molecule has 0 aromatic carbocycles. The van der Waals surface area contributed by atoms with Crippen molar-refractivity contribution >= 4 is 17.8 Å². The van der Waals surface area contributed by atoms with Crippen LogP contribution in [0.15, 0.2) is 6.07 Å². The normalized spacial score (nSPS) is 17.8. The van der Waals surface area contributed by atoms with Crippen LogP contribution in [0.4, 0.5) is 5.95 Å². The molecule has 0 saturated carbocycles. The predicted octanol–water partition coefficient (Wildman–Crippen LogP) is 1.93. The first-order valence-corrected chi connectivity index (χ1v) is 8.92. The van der Waals surface area contributed by atoms with Gasteiger partial charge in [-0.3, -0.25) is 4.79 Å². The van der Waals surface area contributed by atoms with Gasteiger partial charge in [0.1, 0.15) is 6.04 Å². The molecule has 0 spiro atoms. The highest BCUT2D eigenvalue weighted by Gasteiger charge is 2.31. The molecule has 1 aromatic heterocycles. The molecule has 2 rings (SSSR count). The summed E-state index contributed by atoms with van der Waals surface area (Å²) in [6.07, 6.45) is 2.06.